The van der Waals surface area contributed by atoms with E-state index in [-0.39, 0.29) is 18.0 Å². The summed E-state index contributed by atoms with van der Waals surface area (Å²) >= 11 is 0. The molecule has 0 N–H and O–H groups in total. The van der Waals surface area contributed by atoms with E-state index in [4.69, 9.17) is 73.9 Å². The highest BCUT2D eigenvalue weighted by molar-refractivity contribution is 6.11. The maximum atomic E-state index is 13.5. The molecule has 4 rings (SSSR count). The van der Waals surface area contributed by atoms with Crippen molar-refractivity contribution in [3.63, 3.8) is 0 Å². The first-order chi connectivity index (χ1) is 36.1. The highest BCUT2D eigenvalue weighted by Gasteiger charge is 2.40. The van der Waals surface area contributed by atoms with Gasteiger partial charge in [0.15, 0.2) is 5.76 Å². The number of anilines is 1. The van der Waals surface area contributed by atoms with Gasteiger partial charge in [0.1, 0.15) is 5.75 Å². The maximum Gasteiger partial charge on any atom is 0.300 e. The van der Waals surface area contributed by atoms with Crippen LogP contribution in [0.1, 0.15) is 143 Å². The summed E-state index contributed by atoms with van der Waals surface area (Å²) in [4.78, 5) is 22.6. The van der Waals surface area contributed by atoms with Gasteiger partial charge >= 0.3 is 6.02 Å². The van der Waals surface area contributed by atoms with E-state index in [1.807, 2.05) is 23.1 Å². The fourth-order valence-electron chi connectivity index (χ4n) is 5.35. The van der Waals surface area contributed by atoms with Crippen LogP contribution in [-0.2, 0) is 9.53 Å². The number of nitrogens with zero attached hydrogens (tertiary/aromatic N) is 3. The van der Waals surface area contributed by atoms with Crippen molar-refractivity contribution in [3.05, 3.63) is 29.5 Å². The number of amides is 1. The van der Waals surface area contributed by atoms with Crippen LogP contribution >= 0.6 is 0 Å². The van der Waals surface area contributed by atoms with Crippen molar-refractivity contribution in [3.8, 4) is 5.75 Å². The summed E-state index contributed by atoms with van der Waals surface area (Å²) in [6.07, 6.45) is 13.3. The smallest absolute Gasteiger partial charge is 0.300 e. The maximum absolute atomic E-state index is 13.5. The Balaban J connectivity index is -0.0000000441. The summed E-state index contributed by atoms with van der Waals surface area (Å²) < 4.78 is 212. The zero-order valence-corrected chi connectivity index (χ0v) is 20.5. The van der Waals surface area contributed by atoms with Gasteiger partial charge in [0.05, 0.1) is 13.2 Å². The summed E-state index contributed by atoms with van der Waals surface area (Å²) in [5.74, 6) is 1.03. The van der Waals surface area contributed by atoms with Crippen molar-refractivity contribution in [1.82, 2.24) is 4.90 Å². The molecule has 1 amide bonds. The third kappa shape index (κ3) is 5.36. The predicted molar refractivity (Wildman–Crippen MR) is 176 cm³/mol. The van der Waals surface area contributed by atoms with Gasteiger partial charge in [-0.15, -0.1) is 0 Å². The van der Waals surface area contributed by atoms with E-state index >= 15 is 0 Å². The number of aliphatic imine (C=N–C) groups is 1. The Labute approximate surface area is 260 Å². The third-order valence-corrected chi connectivity index (χ3v) is 7.28. The van der Waals surface area contributed by atoms with E-state index in [9.17, 15) is 4.79 Å². The minimum Gasteiger partial charge on any atom is -0.496 e. The van der Waals surface area contributed by atoms with Gasteiger partial charge in [0.25, 0.3) is 5.91 Å². The SMILES string of the molecule is CCN(CC)c1ccc(/C=C2/OC(=NC3CCCCC3)N(C3CCCCC3)C2=O)c(OC)c1.[2H][2H].[2H][2H].[2H][2H].[2H][2H].[2H][2H].[2H][2H].[2H][2H].[2H][2H].[2H][2H].[2H][2H].[2H][2H].[2H][2H].[2H][2H].[2H][2H].[2H][2H].[2H][2H].[2H][2H].[2H][2H].[2H][2H].[2H][2H]. The van der Waals surface area contributed by atoms with Crippen molar-refractivity contribution >= 4 is 23.7 Å². The molecule has 1 heterocycles. The van der Waals surface area contributed by atoms with Crippen LogP contribution in [0.4, 0.5) is 5.69 Å². The number of amidine groups is 1. The van der Waals surface area contributed by atoms with Crippen LogP contribution in [0.2, 0.25) is 0 Å². The van der Waals surface area contributed by atoms with E-state index in [1.54, 1.807) is 7.11 Å². The van der Waals surface area contributed by atoms with E-state index < -0.39 is 0 Å². The normalized spacial score (nSPS) is 27.6. The third-order valence-electron chi connectivity index (χ3n) is 7.28. The molecular formula is C27H79N3O3. The van der Waals surface area contributed by atoms with Crippen molar-refractivity contribution in [2.24, 2.45) is 4.99 Å². The van der Waals surface area contributed by atoms with Crippen LogP contribution in [0.3, 0.4) is 0 Å². The van der Waals surface area contributed by atoms with Crippen molar-refractivity contribution in [2.45, 2.75) is 90.1 Å². The first-order valence-corrected chi connectivity index (χ1v) is 12.9. The summed E-state index contributed by atoms with van der Waals surface area (Å²) in [6, 6.07) is 7.09. The fraction of sp³-hybridized carbons (Fsp3) is 0.630. The second-order valence-corrected chi connectivity index (χ2v) is 9.38. The minimum atomic E-state index is -0.0636. The Morgan fingerprint density at radius 3 is 2.42 bits per heavy atom. The van der Waals surface area contributed by atoms with Gasteiger partial charge in [0, 0.05) is 95.8 Å². The molecule has 33 heavy (non-hydrogen) atoms. The average molecular weight is 534 g/mol. The molecule has 1 aromatic rings. The first kappa shape index (κ1) is 9.27. The molecule has 0 radical (unpaired) electrons. The van der Waals surface area contributed by atoms with Crippen LogP contribution in [0, 0.1) is 0 Å². The average Bonchev–Trinajstić information content (AvgIpc) is 3.86. The fourth-order valence-corrected chi connectivity index (χ4v) is 5.35. The Kier molecular flexibility index (Phi) is 3.11. The van der Waals surface area contributed by atoms with Gasteiger partial charge in [-0.25, -0.2) is 4.99 Å². The molecule has 1 saturated heterocycles. The molecule has 3 fully saturated rings. The Morgan fingerprint density at radius 1 is 1.12 bits per heavy atom. The van der Waals surface area contributed by atoms with Crippen molar-refractivity contribution < 1.29 is 73.7 Å². The lowest BCUT2D eigenvalue weighted by Crippen LogP contribution is -2.41. The molecule has 6 nitrogen and oxygen atoms in total. The first-order valence-electron chi connectivity index (χ1n) is 32.9. The molecule has 0 unspecified atom stereocenters. The molecule has 0 aromatic heterocycles. The number of carbonyl (C=O) groups is 1. The molecule has 6 heteroatoms. The minimum absolute atomic E-state index is 0.0636. The lowest BCUT2D eigenvalue weighted by atomic mass is 9.94. The monoisotopic (exact) mass is 534 g/mol. The molecule has 2 saturated carbocycles. The predicted octanol–water partition coefficient (Wildman–Crippen LogP) is 10.7. The highest BCUT2D eigenvalue weighted by Crippen LogP contribution is 2.33. The molecule has 0 atom stereocenters. The van der Waals surface area contributed by atoms with Crippen LogP contribution < -0.4 is 9.64 Å². The number of methoxy groups -OCH3 is 1. The van der Waals surface area contributed by atoms with E-state index in [0.717, 1.165) is 68.6 Å². The second kappa shape index (κ2) is 11.1. The summed E-state index contributed by atoms with van der Waals surface area (Å²) in [6.45, 7) is 6.14. The molecule has 3 aliphatic rings. The number of hydrogen-bond acceptors (Lipinski definition) is 5. The number of hydrogen-bond donors (Lipinski definition) is 0. The van der Waals surface area contributed by atoms with Crippen molar-refractivity contribution in [1.29, 1.82) is 0 Å². The van der Waals surface area contributed by atoms with Crippen LogP contribution in [0.5, 0.6) is 5.75 Å². The van der Waals surface area contributed by atoms with E-state index in [0.29, 0.717) is 11.8 Å². The van der Waals surface area contributed by atoms with Gasteiger partial charge in [-0.1, -0.05) is 38.5 Å². The van der Waals surface area contributed by atoms with Gasteiger partial charge in [-0.05, 0) is 57.7 Å². The lowest BCUT2D eigenvalue weighted by Gasteiger charge is -2.29. The molecular weight excluding hydrogens is 414 g/mol. The van der Waals surface area contributed by atoms with E-state index in [2.05, 4.69) is 24.8 Å². The van der Waals surface area contributed by atoms with E-state index in [1.165, 1.54) is 25.7 Å². The quantitative estimate of drug-likeness (QED) is 0.327. The topological polar surface area (TPSA) is 54.4 Å². The van der Waals surface area contributed by atoms with Gasteiger partial charge in [-0.3, -0.25) is 9.69 Å². The Bertz CT molecular complexity index is 951. The van der Waals surface area contributed by atoms with Crippen LogP contribution in [-0.4, -0.2) is 49.1 Å². The molecule has 1 aliphatic heterocycles. The summed E-state index contributed by atoms with van der Waals surface area (Å²) in [7, 11) is 1.67. The molecule has 0 spiro atoms. The van der Waals surface area contributed by atoms with Gasteiger partial charge in [0.2, 0.25) is 0 Å². The Hall–Kier alpha value is -2.50. The van der Waals surface area contributed by atoms with Gasteiger partial charge in [-0.2, -0.15) is 0 Å². The molecule has 220 valence electrons. The zero-order chi connectivity index (χ0) is 63.2. The van der Waals surface area contributed by atoms with Crippen LogP contribution in [0.25, 0.3) is 6.08 Å². The standard InChI is InChI=1S/C27H39N3O3.20H2/c1-4-29(5-2)23-17-16-20(24(19-23)32-3)18-25-26(31)30(22-14-10-7-11-15-22)27(33-25)28-21-12-8-6-9-13-21;;;;;;;;;;;;;;;;;;;;/h16-19,21-22H,4-15H2,1-3H3;20*1H/b25-18+,28-27?;;;;;;;;;;;;;;;;;;;;/i;20*1+1D. The number of ether oxygens (including phenoxy) is 2. The summed E-state index contributed by atoms with van der Waals surface area (Å²) in [5.41, 5.74) is 1.96. The number of rotatable bonds is 7. The number of benzene rings is 1. The molecule has 2 aliphatic carbocycles. The second-order valence-electron chi connectivity index (χ2n) is 9.38. The zero-order valence-electron chi connectivity index (χ0n) is 60.5. The lowest BCUT2D eigenvalue weighted by molar-refractivity contribution is -0.124. The largest absolute Gasteiger partial charge is 0.496 e. The molecule has 0 bridgehead atoms. The van der Waals surface area contributed by atoms with Crippen molar-refractivity contribution in [2.75, 3.05) is 25.1 Å². The van der Waals surface area contributed by atoms with Gasteiger partial charge < -0.3 is 14.4 Å². The molecule has 1 aromatic carbocycles. The highest BCUT2D eigenvalue weighted by atomic mass is 16.5. The number of carbonyl (C=O) groups excluding carboxylic acids is 1. The Morgan fingerprint density at radius 2 is 1.79 bits per heavy atom. The van der Waals surface area contributed by atoms with Crippen LogP contribution in [0.15, 0.2) is 29.0 Å². The summed E-state index contributed by atoms with van der Waals surface area (Å²) in [5, 5.41) is 0.